The third-order valence-corrected chi connectivity index (χ3v) is 6.16. The molecule has 1 aromatic heterocycles. The van der Waals surface area contributed by atoms with Gasteiger partial charge in [0.2, 0.25) is 5.60 Å². The van der Waals surface area contributed by atoms with E-state index in [0.29, 0.717) is 11.1 Å². The largest absolute Gasteiger partial charge is 0.405 e. The van der Waals surface area contributed by atoms with Crippen LogP contribution in [0, 0.1) is 18.6 Å². The number of rotatable bonds is 5. The van der Waals surface area contributed by atoms with Gasteiger partial charge in [0.15, 0.2) is 0 Å². The SMILES string of the molecule is Cc1c[nH]c2c(-c3c(F)cc4c(c3F)C(=NOC(C)(C)C(=O)NCC(F)(F)F)CC(C)(C)N4)cccc12. The fraction of sp³-hybridized carbons (Fsp3) is 0.385. The molecule has 0 saturated heterocycles. The molecule has 2 heterocycles. The Morgan fingerprint density at radius 3 is 2.57 bits per heavy atom. The van der Waals surface area contributed by atoms with Crippen LogP contribution in [0.15, 0.2) is 35.6 Å². The van der Waals surface area contributed by atoms with Crippen LogP contribution in [0.3, 0.4) is 0 Å². The molecule has 0 atom stereocenters. The van der Waals surface area contributed by atoms with E-state index in [9.17, 15) is 18.0 Å². The Bertz CT molecular complexity index is 1410. The second-order valence-electron chi connectivity index (χ2n) is 10.3. The molecule has 0 spiro atoms. The number of alkyl halides is 3. The van der Waals surface area contributed by atoms with Crippen LogP contribution < -0.4 is 10.6 Å². The molecule has 0 fully saturated rings. The number of carbonyl (C=O) groups is 1. The van der Waals surface area contributed by atoms with Crippen LogP contribution in [0.4, 0.5) is 27.6 Å². The third-order valence-electron chi connectivity index (χ3n) is 6.16. The van der Waals surface area contributed by atoms with Gasteiger partial charge >= 0.3 is 6.18 Å². The summed E-state index contributed by atoms with van der Waals surface area (Å²) in [7, 11) is 0. The van der Waals surface area contributed by atoms with Gasteiger partial charge in [-0.2, -0.15) is 13.2 Å². The molecular weight excluding hydrogens is 495 g/mol. The predicted octanol–water partition coefficient (Wildman–Crippen LogP) is 6.19. The standard InChI is InChI=1S/C26H27F5N4O2/c1-13-11-32-22-14(13)7-6-8-15(22)19-16(27)9-17-20(21(19)28)18(10-24(2,3)34-17)35-37-25(4,5)23(36)33-12-26(29,30)31/h6-9,11,32,34H,10,12H2,1-5H3,(H,33,36). The molecule has 4 rings (SSSR count). The highest BCUT2D eigenvalue weighted by atomic mass is 19.4. The lowest BCUT2D eigenvalue weighted by atomic mass is 9.85. The Labute approximate surface area is 210 Å². The van der Waals surface area contributed by atoms with E-state index in [1.807, 2.05) is 13.0 Å². The number of carbonyl (C=O) groups excluding carboxylic acids is 1. The molecule has 0 radical (unpaired) electrons. The van der Waals surface area contributed by atoms with Crippen molar-refractivity contribution in [1.29, 1.82) is 0 Å². The number of hydrogen-bond acceptors (Lipinski definition) is 4. The number of aromatic amines is 1. The first-order chi connectivity index (χ1) is 17.1. The second kappa shape index (κ2) is 9.04. The first kappa shape index (κ1) is 26.4. The minimum atomic E-state index is -4.60. The van der Waals surface area contributed by atoms with Gasteiger partial charge in [0, 0.05) is 34.8 Å². The highest BCUT2D eigenvalue weighted by Gasteiger charge is 2.37. The molecule has 3 aromatic rings. The normalized spacial score (nSPS) is 16.4. The van der Waals surface area contributed by atoms with E-state index in [1.165, 1.54) is 19.9 Å². The Kier molecular flexibility index (Phi) is 6.46. The average molecular weight is 523 g/mol. The van der Waals surface area contributed by atoms with Crippen LogP contribution in [-0.4, -0.2) is 40.5 Å². The number of amides is 1. The minimum Gasteiger partial charge on any atom is -0.379 e. The summed E-state index contributed by atoms with van der Waals surface area (Å²) in [4.78, 5) is 20.7. The van der Waals surface area contributed by atoms with Crippen molar-refractivity contribution in [3.8, 4) is 11.1 Å². The van der Waals surface area contributed by atoms with E-state index in [-0.39, 0.29) is 28.9 Å². The summed E-state index contributed by atoms with van der Waals surface area (Å²) < 4.78 is 69.1. The minimum absolute atomic E-state index is 0.0393. The fourth-order valence-electron chi connectivity index (χ4n) is 4.35. The summed E-state index contributed by atoms with van der Waals surface area (Å²) in [5.41, 5.74) is -0.740. The molecule has 0 saturated carbocycles. The van der Waals surface area contributed by atoms with Crippen LogP contribution in [-0.2, 0) is 9.63 Å². The number of H-pyrrole nitrogens is 1. The van der Waals surface area contributed by atoms with Gasteiger partial charge in [-0.3, -0.25) is 4.79 Å². The highest BCUT2D eigenvalue weighted by molar-refractivity contribution is 6.09. The van der Waals surface area contributed by atoms with Crippen molar-refractivity contribution < 1.29 is 31.6 Å². The number of anilines is 1. The van der Waals surface area contributed by atoms with E-state index in [1.54, 1.807) is 37.5 Å². The molecule has 0 bridgehead atoms. The van der Waals surface area contributed by atoms with Crippen LogP contribution in [0.1, 0.15) is 45.2 Å². The Morgan fingerprint density at radius 1 is 1.19 bits per heavy atom. The van der Waals surface area contributed by atoms with Gasteiger partial charge in [-0.15, -0.1) is 0 Å². The van der Waals surface area contributed by atoms with Gasteiger partial charge in [0.25, 0.3) is 5.91 Å². The monoisotopic (exact) mass is 522 g/mol. The maximum absolute atomic E-state index is 16.1. The number of nitrogens with one attached hydrogen (secondary N) is 3. The van der Waals surface area contributed by atoms with Crippen molar-refractivity contribution in [1.82, 2.24) is 10.3 Å². The molecule has 0 unspecified atom stereocenters. The average Bonchev–Trinajstić information content (AvgIpc) is 3.16. The second-order valence-corrected chi connectivity index (χ2v) is 10.3. The van der Waals surface area contributed by atoms with Gasteiger partial charge < -0.3 is 20.5 Å². The maximum Gasteiger partial charge on any atom is 0.405 e. The summed E-state index contributed by atoms with van der Waals surface area (Å²) in [6, 6.07) is 6.34. The Hall–Kier alpha value is -3.63. The number of fused-ring (bicyclic) bond motifs is 2. The van der Waals surface area contributed by atoms with Crippen molar-refractivity contribution in [3.05, 3.63) is 53.2 Å². The number of aromatic nitrogens is 1. The zero-order valence-corrected chi connectivity index (χ0v) is 21.0. The van der Waals surface area contributed by atoms with Crippen molar-refractivity contribution in [3.63, 3.8) is 0 Å². The van der Waals surface area contributed by atoms with Crippen molar-refractivity contribution in [2.75, 3.05) is 11.9 Å². The molecule has 1 aliphatic heterocycles. The lowest BCUT2D eigenvalue weighted by Gasteiger charge is -2.35. The predicted molar refractivity (Wildman–Crippen MR) is 131 cm³/mol. The molecule has 198 valence electrons. The number of halogens is 5. The number of para-hydroxylation sites is 1. The summed E-state index contributed by atoms with van der Waals surface area (Å²) in [6.45, 7) is 6.42. The molecule has 6 nitrogen and oxygen atoms in total. The molecule has 3 N–H and O–H groups in total. The Morgan fingerprint density at radius 2 is 1.89 bits per heavy atom. The molecule has 2 aromatic carbocycles. The smallest absolute Gasteiger partial charge is 0.379 e. The Balaban J connectivity index is 1.78. The quantitative estimate of drug-likeness (QED) is 0.276. The molecule has 11 heteroatoms. The number of aryl methyl sites for hydroxylation is 1. The first-order valence-electron chi connectivity index (χ1n) is 11.6. The van der Waals surface area contributed by atoms with Crippen LogP contribution in [0.2, 0.25) is 0 Å². The van der Waals surface area contributed by atoms with Gasteiger partial charge in [-0.05, 0) is 46.2 Å². The van der Waals surface area contributed by atoms with Gasteiger partial charge in [0.1, 0.15) is 18.2 Å². The van der Waals surface area contributed by atoms with Gasteiger partial charge in [-0.25, -0.2) is 8.78 Å². The van der Waals surface area contributed by atoms with Crippen LogP contribution >= 0.6 is 0 Å². The van der Waals surface area contributed by atoms with E-state index in [0.717, 1.165) is 10.9 Å². The molecule has 0 aliphatic carbocycles. The van der Waals surface area contributed by atoms with E-state index >= 15 is 8.78 Å². The highest BCUT2D eigenvalue weighted by Crippen LogP contribution is 2.41. The van der Waals surface area contributed by atoms with Crippen LogP contribution in [0.5, 0.6) is 0 Å². The van der Waals surface area contributed by atoms with Gasteiger partial charge in [0.05, 0.1) is 22.4 Å². The summed E-state index contributed by atoms with van der Waals surface area (Å²) in [5, 5.41) is 9.68. The van der Waals surface area contributed by atoms with Crippen molar-refractivity contribution >= 4 is 28.2 Å². The van der Waals surface area contributed by atoms with Gasteiger partial charge in [-0.1, -0.05) is 23.4 Å². The number of hydrogen-bond donors (Lipinski definition) is 3. The lowest BCUT2D eigenvalue weighted by molar-refractivity contribution is -0.153. The van der Waals surface area contributed by atoms with E-state index < -0.39 is 41.4 Å². The first-order valence-corrected chi connectivity index (χ1v) is 11.6. The molecule has 37 heavy (non-hydrogen) atoms. The maximum atomic E-state index is 16.1. The van der Waals surface area contributed by atoms with Crippen molar-refractivity contribution in [2.24, 2.45) is 5.16 Å². The third kappa shape index (κ3) is 5.26. The number of nitrogens with zero attached hydrogens (tertiary/aromatic N) is 1. The van der Waals surface area contributed by atoms with Crippen molar-refractivity contribution in [2.45, 2.75) is 58.4 Å². The fourth-order valence-corrected chi connectivity index (χ4v) is 4.35. The lowest BCUT2D eigenvalue weighted by Crippen LogP contribution is -2.47. The number of oxime groups is 1. The van der Waals surface area contributed by atoms with E-state index in [2.05, 4.69) is 15.5 Å². The summed E-state index contributed by atoms with van der Waals surface area (Å²) >= 11 is 0. The molecule has 1 amide bonds. The zero-order chi connectivity index (χ0) is 27.3. The summed E-state index contributed by atoms with van der Waals surface area (Å²) in [5.74, 6) is -2.70. The topological polar surface area (TPSA) is 78.5 Å². The van der Waals surface area contributed by atoms with Crippen LogP contribution in [0.25, 0.3) is 22.0 Å². The summed E-state index contributed by atoms with van der Waals surface area (Å²) in [6.07, 6.45) is -2.72. The van der Waals surface area contributed by atoms with E-state index in [4.69, 9.17) is 4.84 Å². The molecule has 1 aliphatic rings. The molecular formula is C26H27F5N4O2. The number of benzene rings is 2. The zero-order valence-electron chi connectivity index (χ0n) is 21.0.